The van der Waals surface area contributed by atoms with E-state index in [2.05, 4.69) is 16.0 Å². The van der Waals surface area contributed by atoms with Gasteiger partial charge in [-0.15, -0.1) is 0 Å². The molecule has 16 heteroatoms. The number of ether oxygens (including phenoxy) is 5. The first kappa shape index (κ1) is 41.0. The standard InChI is InChI=1S/C35H50N4O12/c1-23(34(46)51-35(2,3)4)10-12-27(40)36-14-6-16-47-18-20-49-21-19-48-17-7-15-37-29(42)22-50-26-9-5-8-24-30(26)33(45)39(32(24)44)25-11-13-28(41)38-31(25)43/h5,8-9,23,25H,6-7,10-22H2,1-4H3,(H,36,40)(H,37,42)(H,38,41,43). The van der Waals surface area contributed by atoms with Gasteiger partial charge in [0.2, 0.25) is 17.7 Å². The van der Waals surface area contributed by atoms with E-state index in [-0.39, 0.29) is 53.9 Å². The maximum absolute atomic E-state index is 13.1. The fourth-order valence-corrected chi connectivity index (χ4v) is 5.10. The van der Waals surface area contributed by atoms with Crippen LogP contribution in [-0.4, -0.2) is 117 Å². The number of nitrogens with one attached hydrogen (secondary N) is 3. The van der Waals surface area contributed by atoms with Crippen LogP contribution in [0.15, 0.2) is 18.2 Å². The molecule has 0 aromatic heterocycles. The number of carbonyl (C=O) groups excluding carboxylic acids is 7. The molecule has 16 nitrogen and oxygen atoms in total. The van der Waals surface area contributed by atoms with Gasteiger partial charge in [-0.05, 0) is 58.6 Å². The van der Waals surface area contributed by atoms with Crippen LogP contribution in [0.3, 0.4) is 0 Å². The van der Waals surface area contributed by atoms with Gasteiger partial charge in [0.1, 0.15) is 17.4 Å². The van der Waals surface area contributed by atoms with Crippen molar-refractivity contribution in [2.24, 2.45) is 5.92 Å². The van der Waals surface area contributed by atoms with Gasteiger partial charge in [0.05, 0.1) is 43.5 Å². The van der Waals surface area contributed by atoms with Crippen molar-refractivity contribution in [3.8, 4) is 5.75 Å². The summed E-state index contributed by atoms with van der Waals surface area (Å²) < 4.78 is 27.4. The number of nitrogens with zero attached hydrogens (tertiary/aromatic N) is 1. The number of piperidine rings is 1. The molecule has 0 spiro atoms. The fraction of sp³-hybridized carbons (Fsp3) is 0.629. The van der Waals surface area contributed by atoms with E-state index in [0.29, 0.717) is 72.0 Å². The third-order valence-corrected chi connectivity index (χ3v) is 7.72. The molecule has 2 aliphatic rings. The quantitative estimate of drug-likeness (QED) is 0.0882. The Morgan fingerprint density at radius 2 is 1.49 bits per heavy atom. The average Bonchev–Trinajstić information content (AvgIpc) is 3.32. The second kappa shape index (κ2) is 20.4. The zero-order valence-electron chi connectivity index (χ0n) is 29.8. The van der Waals surface area contributed by atoms with Crippen molar-refractivity contribution in [2.75, 3.05) is 59.3 Å². The third-order valence-electron chi connectivity index (χ3n) is 7.72. The summed E-state index contributed by atoms with van der Waals surface area (Å²) in [6.07, 6.45) is 1.92. The molecule has 2 aliphatic heterocycles. The molecule has 3 rings (SSSR count). The maximum Gasteiger partial charge on any atom is 0.309 e. The molecule has 2 atom stereocenters. The predicted molar refractivity (Wildman–Crippen MR) is 181 cm³/mol. The highest BCUT2D eigenvalue weighted by atomic mass is 16.6. The normalized spacial score (nSPS) is 16.4. The van der Waals surface area contributed by atoms with Crippen molar-refractivity contribution in [1.82, 2.24) is 20.9 Å². The average molecular weight is 719 g/mol. The summed E-state index contributed by atoms with van der Waals surface area (Å²) in [6.45, 7) is 10.0. The molecule has 0 radical (unpaired) electrons. The first-order valence-electron chi connectivity index (χ1n) is 17.3. The molecule has 0 bridgehead atoms. The Hall–Kier alpha value is -4.41. The SMILES string of the molecule is CC(CCC(=O)NCCCOCCOCCOCCCNC(=O)COc1cccc2c1C(=O)N(C1CCC(=O)NC1=O)C2=O)C(=O)OC(C)(C)C. The number of rotatable bonds is 22. The molecular weight excluding hydrogens is 668 g/mol. The van der Waals surface area contributed by atoms with E-state index in [1.165, 1.54) is 18.2 Å². The number of hydrogen-bond acceptors (Lipinski definition) is 12. The first-order valence-corrected chi connectivity index (χ1v) is 17.3. The van der Waals surface area contributed by atoms with E-state index in [9.17, 15) is 33.6 Å². The molecule has 3 N–H and O–H groups in total. The lowest BCUT2D eigenvalue weighted by molar-refractivity contribution is -0.159. The van der Waals surface area contributed by atoms with E-state index < -0.39 is 47.8 Å². The molecule has 1 aromatic carbocycles. The van der Waals surface area contributed by atoms with E-state index >= 15 is 0 Å². The summed E-state index contributed by atoms with van der Waals surface area (Å²) in [5.74, 6) is -3.69. The summed E-state index contributed by atoms with van der Waals surface area (Å²) in [4.78, 5) is 87.0. The van der Waals surface area contributed by atoms with Crippen LogP contribution >= 0.6 is 0 Å². The summed E-state index contributed by atoms with van der Waals surface area (Å²) in [6, 6.07) is 3.34. The van der Waals surface area contributed by atoms with Crippen LogP contribution < -0.4 is 20.7 Å². The number of benzene rings is 1. The third kappa shape index (κ3) is 13.7. The Bertz CT molecular complexity index is 1410. The summed E-state index contributed by atoms with van der Waals surface area (Å²) in [7, 11) is 0. The molecule has 2 unspecified atom stereocenters. The van der Waals surface area contributed by atoms with Gasteiger partial charge in [-0.25, -0.2) is 0 Å². The highest BCUT2D eigenvalue weighted by Crippen LogP contribution is 2.33. The smallest absolute Gasteiger partial charge is 0.309 e. The minimum absolute atomic E-state index is 0.0105. The van der Waals surface area contributed by atoms with E-state index in [0.717, 1.165) is 4.90 Å². The van der Waals surface area contributed by atoms with Crippen molar-refractivity contribution in [3.05, 3.63) is 29.3 Å². The fourth-order valence-electron chi connectivity index (χ4n) is 5.10. The van der Waals surface area contributed by atoms with Crippen LogP contribution in [0.25, 0.3) is 0 Å². The van der Waals surface area contributed by atoms with Crippen LogP contribution in [0.4, 0.5) is 0 Å². The number of imide groups is 2. The van der Waals surface area contributed by atoms with Gasteiger partial charge in [-0.2, -0.15) is 0 Å². The zero-order valence-corrected chi connectivity index (χ0v) is 29.8. The van der Waals surface area contributed by atoms with Gasteiger partial charge in [0, 0.05) is 39.1 Å². The van der Waals surface area contributed by atoms with Crippen LogP contribution in [0.1, 0.15) is 86.9 Å². The molecule has 1 fully saturated rings. The Morgan fingerprint density at radius 1 is 0.882 bits per heavy atom. The Kier molecular flexibility index (Phi) is 16.4. The monoisotopic (exact) mass is 718 g/mol. The molecule has 51 heavy (non-hydrogen) atoms. The van der Waals surface area contributed by atoms with Gasteiger partial charge in [0.25, 0.3) is 17.7 Å². The van der Waals surface area contributed by atoms with Crippen LogP contribution in [0, 0.1) is 5.92 Å². The predicted octanol–water partition coefficient (Wildman–Crippen LogP) is 1.29. The second-order valence-electron chi connectivity index (χ2n) is 13.1. The molecule has 2 heterocycles. The van der Waals surface area contributed by atoms with Crippen molar-refractivity contribution < 1.29 is 57.2 Å². The lowest BCUT2D eigenvalue weighted by Crippen LogP contribution is -2.54. The van der Waals surface area contributed by atoms with Crippen molar-refractivity contribution in [3.63, 3.8) is 0 Å². The van der Waals surface area contributed by atoms with Crippen LogP contribution in [-0.2, 0) is 42.9 Å². The van der Waals surface area contributed by atoms with Gasteiger partial charge >= 0.3 is 5.97 Å². The van der Waals surface area contributed by atoms with Crippen molar-refractivity contribution in [1.29, 1.82) is 0 Å². The van der Waals surface area contributed by atoms with Gasteiger partial charge in [-0.3, -0.25) is 43.8 Å². The summed E-state index contributed by atoms with van der Waals surface area (Å²) >= 11 is 0. The van der Waals surface area contributed by atoms with E-state index in [1.54, 1.807) is 6.92 Å². The van der Waals surface area contributed by atoms with Gasteiger partial charge in [-0.1, -0.05) is 13.0 Å². The number of esters is 1. The zero-order chi connectivity index (χ0) is 37.4. The number of fused-ring (bicyclic) bond motifs is 1. The highest BCUT2D eigenvalue weighted by molar-refractivity contribution is 6.24. The summed E-state index contributed by atoms with van der Waals surface area (Å²) in [5, 5.41) is 7.67. The Balaban J connectivity index is 1.15. The van der Waals surface area contributed by atoms with Gasteiger partial charge < -0.3 is 34.3 Å². The van der Waals surface area contributed by atoms with Crippen molar-refractivity contribution >= 4 is 41.4 Å². The number of amides is 6. The summed E-state index contributed by atoms with van der Waals surface area (Å²) in [5.41, 5.74) is -0.508. The molecule has 1 aromatic rings. The minimum atomic E-state index is -1.10. The van der Waals surface area contributed by atoms with E-state index in [4.69, 9.17) is 23.7 Å². The lowest BCUT2D eigenvalue weighted by atomic mass is 10.0. The second-order valence-corrected chi connectivity index (χ2v) is 13.1. The van der Waals surface area contributed by atoms with Crippen LogP contribution in [0.2, 0.25) is 0 Å². The molecule has 282 valence electrons. The van der Waals surface area contributed by atoms with Gasteiger partial charge in [0.15, 0.2) is 6.61 Å². The largest absolute Gasteiger partial charge is 0.483 e. The highest BCUT2D eigenvalue weighted by Gasteiger charge is 2.46. The van der Waals surface area contributed by atoms with E-state index in [1.807, 2.05) is 20.8 Å². The lowest BCUT2D eigenvalue weighted by Gasteiger charge is -2.27. The first-order chi connectivity index (χ1) is 24.3. The maximum atomic E-state index is 13.1. The molecule has 0 aliphatic carbocycles. The number of carbonyl (C=O) groups is 7. The molecule has 1 saturated heterocycles. The molecular formula is C35H50N4O12. The molecule has 0 saturated carbocycles. The minimum Gasteiger partial charge on any atom is -0.483 e. The topological polar surface area (TPSA) is 205 Å². The Labute approximate surface area is 297 Å². The van der Waals surface area contributed by atoms with Crippen LogP contribution in [0.5, 0.6) is 5.75 Å². The molecule has 6 amide bonds. The van der Waals surface area contributed by atoms with Crippen molar-refractivity contribution in [2.45, 2.75) is 77.9 Å². The Morgan fingerprint density at radius 3 is 2.10 bits per heavy atom. The number of hydrogen-bond donors (Lipinski definition) is 3.